The Kier molecular flexibility index (Phi) is 39.2. The Labute approximate surface area is 714 Å². The van der Waals surface area contributed by atoms with Crippen LogP contribution in [0.1, 0.15) is 383 Å². The van der Waals surface area contributed by atoms with Crippen molar-refractivity contribution in [2.24, 2.45) is 34.5 Å². The van der Waals surface area contributed by atoms with Crippen molar-refractivity contribution in [2.45, 2.75) is 392 Å². The highest BCUT2D eigenvalue weighted by Gasteiger charge is 2.56. The maximum absolute atomic E-state index is 6.49. The molecule has 9 atom stereocenters. The third kappa shape index (κ3) is 31.5. The molecule has 6 aliphatic rings. The SMILES string of the molecule is CCC(C)c1ccc(OC(C)(C)CC)cc1.CCC(C)c1ccc(OC(OC)C(C)(C)C)cc1.CCC(C)c1ccc(OC(OC2CCCCC2)C(C)C)cc1.CCC(C)c1ccc(OC2(C)CCCC2)cc1.CCC(C)c1ccc2cc(OC(C)(C)C)ccc2c1.CCOC(Oc1ccc(C(C)CC)cc1)C12CC3CC(CC(C3)C1)C2. The minimum Gasteiger partial charge on any atom is -0.488 e. The van der Waals surface area contributed by atoms with E-state index in [1.54, 1.807) is 7.11 Å². The van der Waals surface area contributed by atoms with Crippen molar-refractivity contribution < 1.29 is 42.6 Å². The molecule has 0 amide bonds. The average molecular weight is 1610 g/mol. The second-order valence-corrected chi connectivity index (χ2v) is 39.0. The Balaban J connectivity index is 0.000000195. The summed E-state index contributed by atoms with van der Waals surface area (Å²) in [5.74, 6) is 12.5. The highest BCUT2D eigenvalue weighted by Crippen LogP contribution is 2.62. The lowest BCUT2D eigenvalue weighted by atomic mass is 9.49. The monoisotopic (exact) mass is 1610 g/mol. The molecule has 6 saturated carbocycles. The summed E-state index contributed by atoms with van der Waals surface area (Å²) < 4.78 is 54.3. The van der Waals surface area contributed by atoms with Crippen LogP contribution in [-0.2, 0) is 14.2 Å². The van der Waals surface area contributed by atoms with Crippen LogP contribution >= 0.6 is 0 Å². The molecular formula is C108H164O9. The average Bonchev–Trinajstić information content (AvgIpc) is 1.71. The minimum atomic E-state index is -0.230. The molecular weight excluding hydrogens is 1440 g/mol. The van der Waals surface area contributed by atoms with Crippen molar-refractivity contribution in [3.8, 4) is 34.5 Å². The van der Waals surface area contributed by atoms with Crippen LogP contribution in [0.5, 0.6) is 34.5 Å². The van der Waals surface area contributed by atoms with Crippen LogP contribution in [0.3, 0.4) is 0 Å². The molecule has 6 fully saturated rings. The van der Waals surface area contributed by atoms with Gasteiger partial charge in [0.05, 0.1) is 6.10 Å². The number of fused-ring (bicyclic) bond motifs is 1. The van der Waals surface area contributed by atoms with Crippen LogP contribution in [0, 0.1) is 34.5 Å². The quantitative estimate of drug-likeness (QED) is 0.0395. The second-order valence-electron chi connectivity index (χ2n) is 39.0. The van der Waals surface area contributed by atoms with Gasteiger partial charge in [-0.1, -0.05) is 229 Å². The number of methoxy groups -OCH3 is 1. The summed E-state index contributed by atoms with van der Waals surface area (Å²) in [4.78, 5) is 0. The van der Waals surface area contributed by atoms with Gasteiger partial charge >= 0.3 is 0 Å². The minimum absolute atomic E-state index is 0.0376. The molecule has 7 aromatic carbocycles. The van der Waals surface area contributed by atoms with Gasteiger partial charge in [-0.2, -0.15) is 0 Å². The Morgan fingerprint density at radius 3 is 1.15 bits per heavy atom. The summed E-state index contributed by atoms with van der Waals surface area (Å²) in [6, 6.07) is 55.9. The van der Waals surface area contributed by atoms with E-state index in [1.165, 1.54) is 173 Å². The summed E-state index contributed by atoms with van der Waals surface area (Å²) >= 11 is 0. The number of rotatable bonds is 31. The largest absolute Gasteiger partial charge is 0.488 e. The van der Waals surface area contributed by atoms with Gasteiger partial charge < -0.3 is 42.6 Å². The van der Waals surface area contributed by atoms with E-state index in [9.17, 15) is 0 Å². The van der Waals surface area contributed by atoms with E-state index < -0.39 is 0 Å². The van der Waals surface area contributed by atoms with E-state index >= 15 is 0 Å². The third-order valence-electron chi connectivity index (χ3n) is 26.0. The summed E-state index contributed by atoms with van der Waals surface area (Å²) in [7, 11) is 1.68. The standard InChI is InChI=1S/C23H34O2.C20H32O2.C18H24O.C16H26O2.C16H24O.C15H24O/c1-4-16(3)20-6-8-21(9-7-20)25-22(24-5-2)23-13-17-10-18(14-23)12-19(11-17)15-23;1-5-16(4)17-11-13-19(14-12-17)22-20(15(2)3)21-18-9-7-6-8-10-18;1-6-13(2)14-7-8-16-12-17(19-18(3,4)5)10-9-15(16)11-14;1-7-12(2)13-8-10-14(11-9-13)18-15(17-6)16(3,4)5;1-4-13(2)14-7-9-15(10-8-14)17-16(3)11-5-6-12-16;1-6-12(3)13-8-10-14(11-9-13)16-15(4,5)7-2/h6-9,16-19,22H,4-5,10-15H2,1-3H3;11-16,18,20H,5-10H2,1-4H3;7-13H,6H2,1-5H3;8-12,15H,7H2,1-6H3;7-10,13H,4-6,11-12H2,1-3H3;8-12H,6-7H2,1-5H3. The number of ether oxygens (including phenoxy) is 9. The van der Waals surface area contributed by atoms with Crippen LogP contribution in [0.25, 0.3) is 10.8 Å². The smallest absolute Gasteiger partial charge is 0.205 e. The fourth-order valence-electron chi connectivity index (χ4n) is 17.3. The summed E-state index contributed by atoms with van der Waals surface area (Å²) in [6.45, 7) is 55.3. The van der Waals surface area contributed by atoms with Crippen molar-refractivity contribution >= 4 is 10.8 Å². The van der Waals surface area contributed by atoms with Crippen LogP contribution in [0.2, 0.25) is 0 Å². The third-order valence-corrected chi connectivity index (χ3v) is 26.0. The zero-order valence-corrected chi connectivity index (χ0v) is 78.5. The molecule has 9 nitrogen and oxygen atoms in total. The Bertz CT molecular complexity index is 3830. The van der Waals surface area contributed by atoms with E-state index in [-0.39, 0.29) is 46.5 Å². The molecule has 4 bridgehead atoms. The van der Waals surface area contributed by atoms with E-state index in [4.69, 9.17) is 42.6 Å². The maximum Gasteiger partial charge on any atom is 0.205 e. The number of hydrogen-bond donors (Lipinski definition) is 0. The lowest BCUT2D eigenvalue weighted by molar-refractivity contribution is -0.213. The molecule has 0 N–H and O–H groups in total. The first kappa shape index (κ1) is 97.6. The molecule has 7 aromatic rings. The van der Waals surface area contributed by atoms with Gasteiger partial charge in [0.15, 0.2) is 0 Å². The van der Waals surface area contributed by atoms with Crippen LogP contribution in [0.15, 0.2) is 158 Å². The zero-order valence-electron chi connectivity index (χ0n) is 78.5. The molecule has 0 radical (unpaired) electrons. The molecule has 0 heterocycles. The lowest BCUT2D eigenvalue weighted by Crippen LogP contribution is -2.54. The van der Waals surface area contributed by atoms with E-state index in [2.05, 4.69) is 319 Å². The highest BCUT2D eigenvalue weighted by atomic mass is 16.7. The van der Waals surface area contributed by atoms with Gasteiger partial charge in [0.1, 0.15) is 51.3 Å². The summed E-state index contributed by atoms with van der Waals surface area (Å²) in [6.07, 6.45) is 27.6. The summed E-state index contributed by atoms with van der Waals surface area (Å²) in [5.41, 5.74) is 8.45. The molecule has 9 heteroatoms. The van der Waals surface area contributed by atoms with Gasteiger partial charge in [-0.3, -0.25) is 0 Å². The fraction of sp³-hybridized carbons (Fsp3) is 0.630. The topological polar surface area (TPSA) is 83.1 Å². The first-order valence-electron chi connectivity index (χ1n) is 46.5. The molecule has 13 rings (SSSR count). The molecule has 0 spiro atoms. The first-order valence-corrected chi connectivity index (χ1v) is 46.5. The highest BCUT2D eigenvalue weighted by molar-refractivity contribution is 5.84. The molecule has 0 aromatic heterocycles. The van der Waals surface area contributed by atoms with Gasteiger partial charge in [0.25, 0.3) is 0 Å². The van der Waals surface area contributed by atoms with Crippen LogP contribution in [-0.4, -0.2) is 55.5 Å². The molecule has 6 aliphatic carbocycles. The Morgan fingerprint density at radius 1 is 0.393 bits per heavy atom. The van der Waals surface area contributed by atoms with Crippen molar-refractivity contribution in [2.75, 3.05) is 13.7 Å². The Hall–Kier alpha value is -6.52. The van der Waals surface area contributed by atoms with E-state index in [1.807, 2.05) is 12.1 Å². The molecule has 650 valence electrons. The Morgan fingerprint density at radius 2 is 0.761 bits per heavy atom. The summed E-state index contributed by atoms with van der Waals surface area (Å²) in [5, 5.41) is 2.54. The van der Waals surface area contributed by atoms with Crippen LogP contribution < -0.4 is 28.4 Å². The first-order chi connectivity index (χ1) is 55.6. The second kappa shape index (κ2) is 47.0. The number of hydrogen-bond acceptors (Lipinski definition) is 9. The predicted octanol–water partition coefficient (Wildman–Crippen LogP) is 31.9. The van der Waals surface area contributed by atoms with Gasteiger partial charge in [-0.15, -0.1) is 0 Å². The molecule has 117 heavy (non-hydrogen) atoms. The molecule has 0 aliphatic heterocycles. The predicted molar refractivity (Wildman–Crippen MR) is 496 cm³/mol. The molecule has 0 saturated heterocycles. The van der Waals surface area contributed by atoms with E-state index in [0.29, 0.717) is 47.5 Å². The maximum atomic E-state index is 6.49. The lowest BCUT2D eigenvalue weighted by Gasteiger charge is -2.58. The zero-order chi connectivity index (χ0) is 85.7. The van der Waals surface area contributed by atoms with Gasteiger partial charge in [0, 0.05) is 30.5 Å². The van der Waals surface area contributed by atoms with Crippen molar-refractivity contribution in [3.05, 3.63) is 191 Å². The normalized spacial score (nSPS) is 20.5. The molecule has 9 unspecified atom stereocenters. The van der Waals surface area contributed by atoms with Crippen molar-refractivity contribution in [1.82, 2.24) is 0 Å². The number of benzene rings is 7. The van der Waals surface area contributed by atoms with Gasteiger partial charge in [-0.05, 0) is 341 Å². The van der Waals surface area contributed by atoms with Crippen molar-refractivity contribution in [3.63, 3.8) is 0 Å². The van der Waals surface area contributed by atoms with Gasteiger partial charge in [-0.25, -0.2) is 0 Å². The van der Waals surface area contributed by atoms with Crippen LogP contribution in [0.4, 0.5) is 0 Å². The van der Waals surface area contributed by atoms with Crippen molar-refractivity contribution in [1.29, 1.82) is 0 Å². The van der Waals surface area contributed by atoms with Gasteiger partial charge in [0.2, 0.25) is 18.9 Å². The fourth-order valence-corrected chi connectivity index (χ4v) is 17.3. The van der Waals surface area contributed by atoms with E-state index in [0.717, 1.165) is 71.7 Å².